The molecule has 0 saturated heterocycles. The largest absolute Gasteiger partial charge is 0.388 e. The average Bonchev–Trinajstić information content (AvgIpc) is 2.70. The van der Waals surface area contributed by atoms with Crippen LogP contribution in [0.3, 0.4) is 0 Å². The van der Waals surface area contributed by atoms with Crippen LogP contribution in [0, 0.1) is 26.7 Å². The first-order valence-corrected chi connectivity index (χ1v) is 7.05. The van der Waals surface area contributed by atoms with Crippen molar-refractivity contribution in [1.29, 1.82) is 0 Å². The summed E-state index contributed by atoms with van der Waals surface area (Å²) in [6.07, 6.45) is 0. The average molecular weight is 273 g/mol. The molecule has 2 rings (SSSR count). The SMILES string of the molecule is Cc1cc(C)c(-c2nnc(CO)n2CC(C)C)c(C)c1. The van der Waals surface area contributed by atoms with Crippen molar-refractivity contribution < 1.29 is 5.11 Å². The van der Waals surface area contributed by atoms with E-state index in [-0.39, 0.29) is 6.61 Å². The lowest BCUT2D eigenvalue weighted by atomic mass is 9.99. The first-order valence-electron chi connectivity index (χ1n) is 7.05. The van der Waals surface area contributed by atoms with Crippen molar-refractivity contribution in [2.45, 2.75) is 47.8 Å². The zero-order valence-electron chi connectivity index (χ0n) is 12.9. The second-order valence-electron chi connectivity index (χ2n) is 5.88. The molecule has 0 radical (unpaired) electrons. The van der Waals surface area contributed by atoms with E-state index in [1.807, 2.05) is 4.57 Å². The molecule has 0 spiro atoms. The minimum atomic E-state index is -0.0797. The van der Waals surface area contributed by atoms with Crippen LogP contribution in [-0.4, -0.2) is 19.9 Å². The van der Waals surface area contributed by atoms with E-state index >= 15 is 0 Å². The fourth-order valence-corrected chi connectivity index (χ4v) is 2.73. The molecule has 20 heavy (non-hydrogen) atoms. The van der Waals surface area contributed by atoms with Gasteiger partial charge in [-0.3, -0.25) is 0 Å². The van der Waals surface area contributed by atoms with Gasteiger partial charge in [0.15, 0.2) is 11.6 Å². The Hall–Kier alpha value is -1.68. The van der Waals surface area contributed by atoms with Crippen LogP contribution in [0.5, 0.6) is 0 Å². The van der Waals surface area contributed by atoms with Crippen LogP contribution in [0.1, 0.15) is 36.4 Å². The van der Waals surface area contributed by atoms with Gasteiger partial charge in [0.1, 0.15) is 6.61 Å². The second-order valence-corrected chi connectivity index (χ2v) is 5.88. The predicted molar refractivity (Wildman–Crippen MR) is 80.4 cm³/mol. The Kier molecular flexibility index (Phi) is 4.23. The smallest absolute Gasteiger partial charge is 0.164 e. The first-order chi connectivity index (χ1) is 9.43. The van der Waals surface area contributed by atoms with E-state index < -0.39 is 0 Å². The number of aryl methyl sites for hydroxylation is 3. The molecule has 0 saturated carbocycles. The quantitative estimate of drug-likeness (QED) is 0.931. The number of aliphatic hydroxyl groups excluding tert-OH is 1. The predicted octanol–water partition coefficient (Wildman–Crippen LogP) is 3.02. The molecule has 0 bridgehead atoms. The zero-order valence-corrected chi connectivity index (χ0v) is 12.9. The Bertz CT molecular complexity index is 591. The summed E-state index contributed by atoms with van der Waals surface area (Å²) >= 11 is 0. The van der Waals surface area contributed by atoms with Crippen molar-refractivity contribution >= 4 is 0 Å². The molecule has 0 unspecified atom stereocenters. The van der Waals surface area contributed by atoms with Crippen molar-refractivity contribution in [3.63, 3.8) is 0 Å². The lowest BCUT2D eigenvalue weighted by Crippen LogP contribution is -2.11. The molecule has 0 fully saturated rings. The number of aromatic nitrogens is 3. The molecule has 1 N–H and O–H groups in total. The molecule has 4 heteroatoms. The Balaban J connectivity index is 2.61. The summed E-state index contributed by atoms with van der Waals surface area (Å²) in [5.74, 6) is 1.96. The maximum absolute atomic E-state index is 9.45. The van der Waals surface area contributed by atoms with Gasteiger partial charge >= 0.3 is 0 Å². The number of hydrogen-bond acceptors (Lipinski definition) is 3. The highest BCUT2D eigenvalue weighted by Gasteiger charge is 2.17. The van der Waals surface area contributed by atoms with Crippen LogP contribution in [0.25, 0.3) is 11.4 Å². The molecule has 2 aromatic rings. The van der Waals surface area contributed by atoms with Gasteiger partial charge in [0.05, 0.1) is 0 Å². The third kappa shape index (κ3) is 2.75. The number of hydrogen-bond donors (Lipinski definition) is 1. The van der Waals surface area contributed by atoms with Crippen LogP contribution >= 0.6 is 0 Å². The lowest BCUT2D eigenvalue weighted by Gasteiger charge is -2.15. The molecular weight excluding hydrogens is 250 g/mol. The van der Waals surface area contributed by atoms with Crippen molar-refractivity contribution in [3.8, 4) is 11.4 Å². The van der Waals surface area contributed by atoms with Crippen LogP contribution in [0.15, 0.2) is 12.1 Å². The summed E-state index contributed by atoms with van der Waals surface area (Å²) < 4.78 is 2.04. The molecule has 108 valence electrons. The van der Waals surface area contributed by atoms with Crippen molar-refractivity contribution in [2.24, 2.45) is 5.92 Å². The fourth-order valence-electron chi connectivity index (χ4n) is 2.73. The summed E-state index contributed by atoms with van der Waals surface area (Å²) in [6.45, 7) is 11.3. The van der Waals surface area contributed by atoms with E-state index in [1.54, 1.807) is 0 Å². The normalized spacial score (nSPS) is 11.3. The van der Waals surface area contributed by atoms with Gasteiger partial charge in [0.25, 0.3) is 0 Å². The van der Waals surface area contributed by atoms with Crippen molar-refractivity contribution in [3.05, 3.63) is 34.6 Å². The summed E-state index contributed by atoms with van der Waals surface area (Å²) in [4.78, 5) is 0. The molecule has 1 aromatic carbocycles. The number of rotatable bonds is 4. The highest BCUT2D eigenvalue weighted by molar-refractivity contribution is 5.65. The van der Waals surface area contributed by atoms with E-state index in [4.69, 9.17) is 0 Å². The fraction of sp³-hybridized carbons (Fsp3) is 0.500. The molecule has 0 amide bonds. The van der Waals surface area contributed by atoms with Gasteiger partial charge in [-0.15, -0.1) is 10.2 Å². The molecule has 1 heterocycles. The van der Waals surface area contributed by atoms with E-state index in [0.717, 1.165) is 17.9 Å². The van der Waals surface area contributed by atoms with Crippen LogP contribution in [0.2, 0.25) is 0 Å². The topological polar surface area (TPSA) is 50.9 Å². The minimum absolute atomic E-state index is 0.0797. The number of aliphatic hydroxyl groups is 1. The maximum Gasteiger partial charge on any atom is 0.164 e. The van der Waals surface area contributed by atoms with Crippen LogP contribution in [0.4, 0.5) is 0 Å². The van der Waals surface area contributed by atoms with Crippen LogP contribution < -0.4 is 0 Å². The zero-order chi connectivity index (χ0) is 14.9. The van der Waals surface area contributed by atoms with Gasteiger partial charge in [-0.05, 0) is 37.8 Å². The molecule has 4 nitrogen and oxygen atoms in total. The molecule has 0 atom stereocenters. The van der Waals surface area contributed by atoms with Gasteiger partial charge in [0.2, 0.25) is 0 Å². The highest BCUT2D eigenvalue weighted by Crippen LogP contribution is 2.28. The van der Waals surface area contributed by atoms with E-state index in [9.17, 15) is 5.11 Å². The maximum atomic E-state index is 9.45. The Morgan fingerprint density at radius 2 is 1.70 bits per heavy atom. The molecule has 0 aliphatic rings. The lowest BCUT2D eigenvalue weighted by molar-refractivity contribution is 0.262. The van der Waals surface area contributed by atoms with E-state index in [2.05, 4.69) is 56.9 Å². The second kappa shape index (κ2) is 5.75. The van der Waals surface area contributed by atoms with Gasteiger partial charge in [-0.1, -0.05) is 31.5 Å². The monoisotopic (exact) mass is 273 g/mol. The van der Waals surface area contributed by atoms with E-state index in [1.165, 1.54) is 16.7 Å². The summed E-state index contributed by atoms with van der Waals surface area (Å²) in [5, 5.41) is 17.9. The summed E-state index contributed by atoms with van der Waals surface area (Å²) in [5.41, 5.74) is 4.78. The Morgan fingerprint density at radius 1 is 1.10 bits per heavy atom. The molecule has 0 aliphatic heterocycles. The standard InChI is InChI=1S/C16H23N3O/c1-10(2)8-19-14(9-20)17-18-16(19)15-12(4)6-11(3)7-13(15)5/h6-7,10,20H,8-9H2,1-5H3. The van der Waals surface area contributed by atoms with Gasteiger partial charge in [0, 0.05) is 12.1 Å². The minimum Gasteiger partial charge on any atom is -0.388 e. The van der Waals surface area contributed by atoms with Crippen molar-refractivity contribution in [1.82, 2.24) is 14.8 Å². The number of benzene rings is 1. The first kappa shape index (κ1) is 14.7. The van der Waals surface area contributed by atoms with Gasteiger partial charge < -0.3 is 9.67 Å². The third-order valence-electron chi connectivity index (χ3n) is 3.42. The highest BCUT2D eigenvalue weighted by atomic mass is 16.3. The summed E-state index contributed by atoms with van der Waals surface area (Å²) in [7, 11) is 0. The molecular formula is C16H23N3O. The third-order valence-corrected chi connectivity index (χ3v) is 3.42. The van der Waals surface area contributed by atoms with Gasteiger partial charge in [-0.25, -0.2) is 0 Å². The van der Waals surface area contributed by atoms with Crippen molar-refractivity contribution in [2.75, 3.05) is 0 Å². The molecule has 0 aliphatic carbocycles. The Labute approximate surface area is 120 Å². The van der Waals surface area contributed by atoms with Gasteiger partial charge in [-0.2, -0.15) is 0 Å². The molecule has 1 aromatic heterocycles. The summed E-state index contributed by atoms with van der Waals surface area (Å²) in [6, 6.07) is 4.32. The number of nitrogens with zero attached hydrogens (tertiary/aromatic N) is 3. The van der Waals surface area contributed by atoms with E-state index in [0.29, 0.717) is 11.7 Å². The van der Waals surface area contributed by atoms with Crippen LogP contribution in [-0.2, 0) is 13.2 Å². The Morgan fingerprint density at radius 3 is 2.20 bits per heavy atom.